The van der Waals surface area contributed by atoms with Gasteiger partial charge in [-0.15, -0.1) is 24.0 Å². The lowest BCUT2D eigenvalue weighted by Gasteiger charge is -2.24. The van der Waals surface area contributed by atoms with Crippen LogP contribution in [0, 0.1) is 11.8 Å². The van der Waals surface area contributed by atoms with Crippen LogP contribution in [0.1, 0.15) is 44.3 Å². The van der Waals surface area contributed by atoms with Crippen LogP contribution in [0.4, 0.5) is 0 Å². The molecule has 23 heavy (non-hydrogen) atoms. The quantitative estimate of drug-likeness (QED) is 0.451. The Morgan fingerprint density at radius 1 is 1.39 bits per heavy atom. The van der Waals surface area contributed by atoms with E-state index >= 15 is 0 Å². The van der Waals surface area contributed by atoms with Crippen LogP contribution in [0.5, 0.6) is 0 Å². The molecule has 0 radical (unpaired) electrons. The fraction of sp³-hybridized carbons (Fsp3) is 0.812. The lowest BCUT2D eigenvalue weighted by molar-refractivity contribution is 0.314. The van der Waals surface area contributed by atoms with Gasteiger partial charge in [0.25, 0.3) is 0 Å². The zero-order chi connectivity index (χ0) is 15.5. The molecular weight excluding hydrogens is 403 g/mol. The summed E-state index contributed by atoms with van der Waals surface area (Å²) in [5, 5.41) is 7.76. The minimum absolute atomic E-state index is 0. The summed E-state index contributed by atoms with van der Waals surface area (Å²) in [7, 11) is 5.84. The fourth-order valence-electron chi connectivity index (χ4n) is 3.73. The summed E-state index contributed by atoms with van der Waals surface area (Å²) in [5.74, 6) is 3.71. The highest BCUT2D eigenvalue weighted by Gasteiger charge is 2.43. The standard InChI is InChI=1S/C16H28N6.HI/c1-17-16(21(2)10-15-18-11-19-22(15)3)20-14-9-13(14)12-7-5-4-6-8-12;/h11-14H,4-10H2,1-3H3,(H,17,20);1H. The van der Waals surface area contributed by atoms with E-state index in [4.69, 9.17) is 0 Å². The molecule has 1 aromatic heterocycles. The third-order valence-electron chi connectivity index (χ3n) is 5.17. The highest BCUT2D eigenvalue weighted by molar-refractivity contribution is 14.0. The Bertz CT molecular complexity index is 522. The van der Waals surface area contributed by atoms with Crippen LogP contribution in [0.15, 0.2) is 11.3 Å². The second-order valence-electron chi connectivity index (χ2n) is 6.75. The topological polar surface area (TPSA) is 58.3 Å². The zero-order valence-corrected chi connectivity index (χ0v) is 16.7. The molecule has 2 unspecified atom stereocenters. The number of aliphatic imine (C=N–C) groups is 1. The van der Waals surface area contributed by atoms with Gasteiger partial charge in [-0.05, 0) is 18.3 Å². The van der Waals surface area contributed by atoms with Crippen LogP contribution in [-0.4, -0.2) is 45.8 Å². The maximum absolute atomic E-state index is 4.43. The lowest BCUT2D eigenvalue weighted by atomic mass is 9.85. The maximum atomic E-state index is 4.43. The number of halogens is 1. The van der Waals surface area contributed by atoms with Gasteiger partial charge >= 0.3 is 0 Å². The number of nitrogens with one attached hydrogen (secondary N) is 1. The van der Waals surface area contributed by atoms with Crippen molar-refractivity contribution >= 4 is 29.9 Å². The first-order valence-corrected chi connectivity index (χ1v) is 8.46. The number of aryl methyl sites for hydroxylation is 1. The van der Waals surface area contributed by atoms with Crippen LogP contribution in [0.3, 0.4) is 0 Å². The molecule has 0 amide bonds. The van der Waals surface area contributed by atoms with Crippen molar-refractivity contribution in [2.75, 3.05) is 14.1 Å². The molecule has 0 bridgehead atoms. The Kier molecular flexibility index (Phi) is 6.67. The first-order chi connectivity index (χ1) is 10.7. The molecule has 0 spiro atoms. The Labute approximate surface area is 156 Å². The van der Waals surface area contributed by atoms with Crippen LogP contribution in [0.2, 0.25) is 0 Å². The molecule has 6 nitrogen and oxygen atoms in total. The average molecular weight is 432 g/mol. The van der Waals surface area contributed by atoms with Crippen molar-refractivity contribution < 1.29 is 0 Å². The van der Waals surface area contributed by atoms with Crippen molar-refractivity contribution in [1.82, 2.24) is 25.0 Å². The molecule has 130 valence electrons. The number of guanidine groups is 1. The van der Waals surface area contributed by atoms with Crippen LogP contribution in [0.25, 0.3) is 0 Å². The van der Waals surface area contributed by atoms with Crippen molar-refractivity contribution in [3.63, 3.8) is 0 Å². The van der Waals surface area contributed by atoms with E-state index < -0.39 is 0 Å². The summed E-state index contributed by atoms with van der Waals surface area (Å²) >= 11 is 0. The first kappa shape index (κ1) is 18.5. The number of hydrogen-bond acceptors (Lipinski definition) is 3. The highest BCUT2D eigenvalue weighted by atomic mass is 127. The van der Waals surface area contributed by atoms with Gasteiger partial charge in [0.15, 0.2) is 5.96 Å². The molecule has 1 N–H and O–H groups in total. The van der Waals surface area contributed by atoms with Gasteiger partial charge in [0.2, 0.25) is 0 Å². The second kappa shape index (κ2) is 8.30. The van der Waals surface area contributed by atoms with E-state index in [1.54, 1.807) is 6.33 Å². The molecule has 7 heteroatoms. The summed E-state index contributed by atoms with van der Waals surface area (Å²) in [6.45, 7) is 0.719. The Morgan fingerprint density at radius 2 is 2.13 bits per heavy atom. The number of nitrogens with zero attached hydrogens (tertiary/aromatic N) is 5. The number of rotatable bonds is 4. The Balaban J connectivity index is 0.00000192. The second-order valence-corrected chi connectivity index (χ2v) is 6.75. The molecule has 2 aliphatic rings. The lowest BCUT2D eigenvalue weighted by Crippen LogP contribution is -2.41. The molecule has 0 aromatic carbocycles. The maximum Gasteiger partial charge on any atom is 0.194 e. The normalized spacial score (nSPS) is 24.9. The van der Waals surface area contributed by atoms with E-state index in [2.05, 4.69) is 32.3 Å². The van der Waals surface area contributed by atoms with E-state index in [9.17, 15) is 0 Å². The molecule has 1 aromatic rings. The van der Waals surface area contributed by atoms with Gasteiger partial charge in [-0.1, -0.05) is 32.1 Å². The smallest absolute Gasteiger partial charge is 0.194 e. The van der Waals surface area contributed by atoms with Crippen LogP contribution < -0.4 is 5.32 Å². The van der Waals surface area contributed by atoms with E-state index in [1.165, 1.54) is 38.5 Å². The van der Waals surface area contributed by atoms with Crippen molar-refractivity contribution in [2.24, 2.45) is 23.9 Å². The van der Waals surface area contributed by atoms with Crippen molar-refractivity contribution in [3.05, 3.63) is 12.2 Å². The molecule has 0 aliphatic heterocycles. The molecule has 1 heterocycles. The van der Waals surface area contributed by atoms with Crippen LogP contribution in [-0.2, 0) is 13.6 Å². The van der Waals surface area contributed by atoms with Crippen molar-refractivity contribution in [2.45, 2.75) is 51.1 Å². The third-order valence-corrected chi connectivity index (χ3v) is 5.17. The highest BCUT2D eigenvalue weighted by Crippen LogP contribution is 2.44. The van der Waals surface area contributed by atoms with E-state index in [0.717, 1.165) is 30.2 Å². The van der Waals surface area contributed by atoms with Gasteiger partial charge in [-0.25, -0.2) is 4.98 Å². The summed E-state index contributed by atoms with van der Waals surface area (Å²) in [6, 6.07) is 0.615. The Hall–Kier alpha value is -0.860. The van der Waals surface area contributed by atoms with Gasteiger partial charge in [0.05, 0.1) is 6.54 Å². The molecule has 2 atom stereocenters. The van der Waals surface area contributed by atoms with Gasteiger partial charge < -0.3 is 10.2 Å². The molecule has 2 saturated carbocycles. The number of hydrogen-bond donors (Lipinski definition) is 1. The zero-order valence-electron chi connectivity index (χ0n) is 14.4. The minimum Gasteiger partial charge on any atom is -0.353 e. The van der Waals surface area contributed by atoms with Gasteiger partial charge in [0, 0.05) is 27.2 Å². The van der Waals surface area contributed by atoms with Crippen molar-refractivity contribution in [1.29, 1.82) is 0 Å². The van der Waals surface area contributed by atoms with Crippen molar-refractivity contribution in [3.8, 4) is 0 Å². The predicted molar refractivity (Wildman–Crippen MR) is 103 cm³/mol. The van der Waals surface area contributed by atoms with E-state index in [1.807, 2.05) is 18.8 Å². The molecule has 2 aliphatic carbocycles. The Morgan fingerprint density at radius 3 is 2.74 bits per heavy atom. The average Bonchev–Trinajstić information content (AvgIpc) is 3.21. The molecule has 2 fully saturated rings. The molecule has 0 saturated heterocycles. The molecule has 3 rings (SSSR count). The van der Waals surface area contributed by atoms with Gasteiger partial charge in [0.1, 0.15) is 12.2 Å². The molecular formula is C16H29IN6. The third kappa shape index (κ3) is 4.58. The minimum atomic E-state index is 0. The van der Waals surface area contributed by atoms with Crippen LogP contribution >= 0.6 is 24.0 Å². The SMILES string of the molecule is CN=C(NC1CC1C1CCCCC1)N(C)Cc1ncnn1C.I. The first-order valence-electron chi connectivity index (χ1n) is 8.46. The fourth-order valence-corrected chi connectivity index (χ4v) is 3.73. The van der Waals surface area contributed by atoms with E-state index in [-0.39, 0.29) is 24.0 Å². The monoisotopic (exact) mass is 432 g/mol. The predicted octanol–water partition coefficient (Wildman–Crippen LogP) is 2.41. The van der Waals surface area contributed by atoms with E-state index in [0.29, 0.717) is 6.04 Å². The summed E-state index contributed by atoms with van der Waals surface area (Å²) in [6.07, 6.45) is 10.0. The largest absolute Gasteiger partial charge is 0.353 e. The van der Waals surface area contributed by atoms with Gasteiger partial charge in [-0.2, -0.15) is 5.10 Å². The summed E-state index contributed by atoms with van der Waals surface area (Å²) in [4.78, 5) is 10.8. The summed E-state index contributed by atoms with van der Waals surface area (Å²) in [5.41, 5.74) is 0. The summed E-state index contributed by atoms with van der Waals surface area (Å²) < 4.78 is 1.81. The number of aromatic nitrogens is 3. The van der Waals surface area contributed by atoms with Gasteiger partial charge in [-0.3, -0.25) is 9.67 Å².